The van der Waals surface area contributed by atoms with Crippen molar-refractivity contribution in [2.75, 3.05) is 5.32 Å². The molecule has 0 atom stereocenters. The molecule has 0 unspecified atom stereocenters. The van der Waals surface area contributed by atoms with Gasteiger partial charge in [-0.3, -0.25) is 14.4 Å². The fourth-order valence-corrected chi connectivity index (χ4v) is 4.33. The number of aromatic nitrogens is 1. The minimum atomic E-state index is -0.521. The molecular formula is C29H27Cl2N3O3. The molecule has 0 aliphatic heterocycles. The Morgan fingerprint density at radius 2 is 1.73 bits per heavy atom. The van der Waals surface area contributed by atoms with Gasteiger partial charge in [-0.05, 0) is 53.6 Å². The number of nitrogens with one attached hydrogen (secondary N) is 2. The summed E-state index contributed by atoms with van der Waals surface area (Å²) in [6, 6.07) is 17.3. The summed E-state index contributed by atoms with van der Waals surface area (Å²) in [5.74, 6) is -0.514. The SMILES string of the molecule is Cn1cc(-c2cccc(Cl)c2)c(=O)c2cc(NC(=O)c3cc(CNC(=O)C(C)(C)C)ccc3Cl)ccc21. The van der Waals surface area contributed by atoms with Crippen LogP contribution in [0.5, 0.6) is 0 Å². The molecule has 2 amide bonds. The Hall–Kier alpha value is -3.61. The first-order chi connectivity index (χ1) is 17.4. The number of benzene rings is 3. The van der Waals surface area contributed by atoms with Crippen molar-refractivity contribution in [1.82, 2.24) is 9.88 Å². The smallest absolute Gasteiger partial charge is 0.257 e. The van der Waals surface area contributed by atoms with E-state index < -0.39 is 11.3 Å². The van der Waals surface area contributed by atoms with Crippen LogP contribution in [0.4, 0.5) is 5.69 Å². The van der Waals surface area contributed by atoms with Crippen molar-refractivity contribution in [3.8, 4) is 11.1 Å². The maximum absolute atomic E-state index is 13.4. The van der Waals surface area contributed by atoms with Gasteiger partial charge in [0.2, 0.25) is 5.91 Å². The average Bonchev–Trinajstić information content (AvgIpc) is 2.84. The third kappa shape index (κ3) is 5.87. The molecule has 8 heteroatoms. The number of nitrogens with zero attached hydrogens (tertiary/aromatic N) is 1. The number of hydrogen-bond donors (Lipinski definition) is 2. The van der Waals surface area contributed by atoms with Crippen molar-refractivity contribution >= 4 is 51.6 Å². The topological polar surface area (TPSA) is 80.2 Å². The van der Waals surface area contributed by atoms with Crippen molar-refractivity contribution in [3.63, 3.8) is 0 Å². The van der Waals surface area contributed by atoms with E-state index in [0.717, 1.165) is 11.1 Å². The number of carbonyl (C=O) groups is 2. The molecule has 2 N–H and O–H groups in total. The largest absolute Gasteiger partial charge is 0.352 e. The Labute approximate surface area is 225 Å². The molecule has 6 nitrogen and oxygen atoms in total. The number of amides is 2. The normalized spacial score (nSPS) is 11.4. The van der Waals surface area contributed by atoms with Gasteiger partial charge in [0, 0.05) is 46.9 Å². The summed E-state index contributed by atoms with van der Waals surface area (Å²) in [5, 5.41) is 6.99. The second-order valence-corrected chi connectivity index (χ2v) is 10.8. The summed E-state index contributed by atoms with van der Waals surface area (Å²) >= 11 is 12.5. The highest BCUT2D eigenvalue weighted by Crippen LogP contribution is 2.25. The first-order valence-corrected chi connectivity index (χ1v) is 12.5. The summed E-state index contributed by atoms with van der Waals surface area (Å²) < 4.78 is 1.87. The monoisotopic (exact) mass is 535 g/mol. The van der Waals surface area contributed by atoms with E-state index in [1.165, 1.54) is 0 Å². The lowest BCUT2D eigenvalue weighted by Gasteiger charge is -2.18. The molecule has 0 saturated heterocycles. The van der Waals surface area contributed by atoms with Crippen molar-refractivity contribution in [3.05, 3.63) is 98.3 Å². The van der Waals surface area contributed by atoms with Gasteiger partial charge >= 0.3 is 0 Å². The van der Waals surface area contributed by atoms with Gasteiger partial charge in [0.15, 0.2) is 5.43 Å². The summed E-state index contributed by atoms with van der Waals surface area (Å²) in [5.41, 5.74) is 2.73. The van der Waals surface area contributed by atoms with Gasteiger partial charge in [-0.15, -0.1) is 0 Å². The van der Waals surface area contributed by atoms with Gasteiger partial charge in [-0.1, -0.05) is 62.2 Å². The van der Waals surface area contributed by atoms with E-state index in [4.69, 9.17) is 23.2 Å². The van der Waals surface area contributed by atoms with Crippen molar-refractivity contribution in [1.29, 1.82) is 0 Å². The third-order valence-corrected chi connectivity index (χ3v) is 6.56. The summed E-state index contributed by atoms with van der Waals surface area (Å²) in [6.07, 6.45) is 1.78. The Morgan fingerprint density at radius 3 is 2.43 bits per heavy atom. The van der Waals surface area contributed by atoms with Crippen LogP contribution >= 0.6 is 23.2 Å². The van der Waals surface area contributed by atoms with Crippen LogP contribution in [0.2, 0.25) is 10.0 Å². The summed E-state index contributed by atoms with van der Waals surface area (Å²) in [7, 11) is 1.86. The number of hydrogen-bond acceptors (Lipinski definition) is 3. The third-order valence-electron chi connectivity index (χ3n) is 5.99. The van der Waals surface area contributed by atoms with E-state index >= 15 is 0 Å². The molecule has 0 saturated carbocycles. The fraction of sp³-hybridized carbons (Fsp3) is 0.207. The van der Waals surface area contributed by atoms with E-state index in [0.29, 0.717) is 27.2 Å². The highest BCUT2D eigenvalue weighted by Gasteiger charge is 2.21. The van der Waals surface area contributed by atoms with Crippen LogP contribution in [0.25, 0.3) is 22.0 Å². The van der Waals surface area contributed by atoms with Crippen LogP contribution in [0.1, 0.15) is 36.7 Å². The molecule has 190 valence electrons. The average molecular weight is 536 g/mol. The molecule has 0 aliphatic carbocycles. The van der Waals surface area contributed by atoms with Gasteiger partial charge in [0.05, 0.1) is 16.1 Å². The molecule has 0 bridgehead atoms. The summed E-state index contributed by atoms with van der Waals surface area (Å²) in [6.45, 7) is 5.76. The molecule has 0 aliphatic rings. The van der Waals surface area contributed by atoms with Crippen LogP contribution in [-0.2, 0) is 18.4 Å². The summed E-state index contributed by atoms with van der Waals surface area (Å²) in [4.78, 5) is 38.7. The maximum atomic E-state index is 13.4. The van der Waals surface area contributed by atoms with E-state index in [-0.39, 0.29) is 28.5 Å². The minimum Gasteiger partial charge on any atom is -0.352 e. The van der Waals surface area contributed by atoms with Crippen LogP contribution in [-0.4, -0.2) is 16.4 Å². The lowest BCUT2D eigenvalue weighted by molar-refractivity contribution is -0.128. The fourth-order valence-electron chi connectivity index (χ4n) is 3.93. The number of aryl methyl sites for hydroxylation is 1. The van der Waals surface area contributed by atoms with Crippen LogP contribution < -0.4 is 16.1 Å². The lowest BCUT2D eigenvalue weighted by atomic mass is 9.95. The number of carbonyl (C=O) groups excluding carboxylic acids is 2. The molecule has 4 aromatic rings. The number of anilines is 1. The first-order valence-electron chi connectivity index (χ1n) is 11.7. The van der Waals surface area contributed by atoms with Gasteiger partial charge < -0.3 is 15.2 Å². The van der Waals surface area contributed by atoms with Crippen LogP contribution in [0, 0.1) is 5.41 Å². The Bertz CT molecular complexity index is 1590. The molecule has 4 rings (SSSR count). The molecule has 3 aromatic carbocycles. The standard InChI is InChI=1S/C29H27Cl2N3O3/c1-29(2,3)28(37)32-15-17-8-10-24(31)21(12-17)27(36)33-20-9-11-25-22(14-20)26(35)23(16-34(25)4)18-6-5-7-19(30)13-18/h5-14,16H,15H2,1-4H3,(H,32,37)(H,33,36). The quantitative estimate of drug-likeness (QED) is 0.309. The number of pyridine rings is 1. The molecule has 0 spiro atoms. The predicted octanol–water partition coefficient (Wildman–Crippen LogP) is 6.43. The van der Waals surface area contributed by atoms with E-state index in [1.54, 1.807) is 60.8 Å². The lowest BCUT2D eigenvalue weighted by Crippen LogP contribution is -2.34. The second kappa shape index (κ2) is 10.4. The molecule has 1 heterocycles. The zero-order valence-electron chi connectivity index (χ0n) is 21.0. The highest BCUT2D eigenvalue weighted by atomic mass is 35.5. The zero-order chi connectivity index (χ0) is 26.9. The molecule has 0 radical (unpaired) electrons. The van der Waals surface area contributed by atoms with Gasteiger partial charge in [-0.25, -0.2) is 0 Å². The second-order valence-electron chi connectivity index (χ2n) is 9.93. The van der Waals surface area contributed by atoms with Gasteiger partial charge in [-0.2, -0.15) is 0 Å². The van der Waals surface area contributed by atoms with Gasteiger partial charge in [0.1, 0.15) is 0 Å². The molecule has 0 fully saturated rings. The molecule has 1 aromatic heterocycles. The minimum absolute atomic E-state index is 0.0941. The van der Waals surface area contributed by atoms with Crippen molar-refractivity contribution < 1.29 is 9.59 Å². The number of fused-ring (bicyclic) bond motifs is 1. The predicted molar refractivity (Wildman–Crippen MR) is 150 cm³/mol. The van der Waals surface area contributed by atoms with Crippen molar-refractivity contribution in [2.24, 2.45) is 12.5 Å². The van der Waals surface area contributed by atoms with Crippen molar-refractivity contribution in [2.45, 2.75) is 27.3 Å². The molecular weight excluding hydrogens is 509 g/mol. The molecule has 37 heavy (non-hydrogen) atoms. The van der Waals surface area contributed by atoms with E-state index in [2.05, 4.69) is 10.6 Å². The van der Waals surface area contributed by atoms with Crippen LogP contribution in [0.3, 0.4) is 0 Å². The van der Waals surface area contributed by atoms with Crippen LogP contribution in [0.15, 0.2) is 71.7 Å². The Morgan fingerprint density at radius 1 is 0.973 bits per heavy atom. The number of rotatable bonds is 5. The number of halogens is 2. The first kappa shape index (κ1) is 26.5. The van der Waals surface area contributed by atoms with E-state index in [1.807, 2.05) is 38.5 Å². The Balaban J connectivity index is 1.63. The Kier molecular flexibility index (Phi) is 7.44. The maximum Gasteiger partial charge on any atom is 0.257 e. The van der Waals surface area contributed by atoms with E-state index in [9.17, 15) is 14.4 Å². The van der Waals surface area contributed by atoms with Gasteiger partial charge in [0.25, 0.3) is 5.91 Å². The zero-order valence-corrected chi connectivity index (χ0v) is 22.5. The highest BCUT2D eigenvalue weighted by molar-refractivity contribution is 6.34.